The topological polar surface area (TPSA) is 46.2 Å². The van der Waals surface area contributed by atoms with Crippen LogP contribution in [0.3, 0.4) is 0 Å². The maximum Gasteiger partial charge on any atom is 0.220 e. The van der Waals surface area contributed by atoms with Crippen LogP contribution in [-0.2, 0) is 9.59 Å². The molecule has 0 bridgehead atoms. The number of hydrogen-bond donors (Lipinski definition) is 1. The zero-order valence-electron chi connectivity index (χ0n) is 10.7. The molecule has 0 heterocycles. The van der Waals surface area contributed by atoms with E-state index in [1.165, 1.54) is 0 Å². The average molecular weight is 213 g/mol. The molecule has 0 fully saturated rings. The molecular formula is C12H23NO2. The molecule has 88 valence electrons. The van der Waals surface area contributed by atoms with Gasteiger partial charge in [0.1, 0.15) is 5.78 Å². The Labute approximate surface area is 92.6 Å². The molecule has 0 atom stereocenters. The molecule has 0 unspecified atom stereocenters. The SMILES string of the molecule is CC(C)(C)NC(=O)CCC(=O)C(C)(C)C. The van der Waals surface area contributed by atoms with Gasteiger partial charge >= 0.3 is 0 Å². The molecule has 0 aromatic heterocycles. The van der Waals surface area contributed by atoms with Crippen molar-refractivity contribution in [1.29, 1.82) is 0 Å². The van der Waals surface area contributed by atoms with Gasteiger partial charge in [-0.25, -0.2) is 0 Å². The molecule has 0 aromatic rings. The molecule has 0 spiro atoms. The molecule has 0 rings (SSSR count). The largest absolute Gasteiger partial charge is 0.351 e. The highest BCUT2D eigenvalue weighted by Crippen LogP contribution is 2.17. The number of carbonyl (C=O) groups excluding carboxylic acids is 2. The summed E-state index contributed by atoms with van der Waals surface area (Å²) in [4.78, 5) is 23.0. The first kappa shape index (κ1) is 14.1. The maximum atomic E-state index is 11.6. The monoisotopic (exact) mass is 213 g/mol. The van der Waals surface area contributed by atoms with Crippen LogP contribution in [0.15, 0.2) is 0 Å². The van der Waals surface area contributed by atoms with E-state index in [-0.39, 0.29) is 29.1 Å². The van der Waals surface area contributed by atoms with Crippen LogP contribution in [0.4, 0.5) is 0 Å². The minimum absolute atomic E-state index is 0.0555. The summed E-state index contributed by atoms with van der Waals surface area (Å²) >= 11 is 0. The second-order valence-corrected chi connectivity index (χ2v) is 5.97. The van der Waals surface area contributed by atoms with Gasteiger partial charge in [-0.05, 0) is 20.8 Å². The Hall–Kier alpha value is -0.860. The van der Waals surface area contributed by atoms with Gasteiger partial charge in [-0.2, -0.15) is 0 Å². The zero-order chi connectivity index (χ0) is 12.3. The Morgan fingerprint density at radius 2 is 1.40 bits per heavy atom. The van der Waals surface area contributed by atoms with Crippen molar-refractivity contribution >= 4 is 11.7 Å². The van der Waals surface area contributed by atoms with Gasteiger partial charge < -0.3 is 5.32 Å². The molecular weight excluding hydrogens is 190 g/mol. The molecule has 1 N–H and O–H groups in total. The van der Waals surface area contributed by atoms with Crippen molar-refractivity contribution in [3.63, 3.8) is 0 Å². The van der Waals surface area contributed by atoms with E-state index in [9.17, 15) is 9.59 Å². The lowest BCUT2D eigenvalue weighted by molar-refractivity contribution is -0.130. The fourth-order valence-electron chi connectivity index (χ4n) is 1.08. The van der Waals surface area contributed by atoms with Crippen LogP contribution < -0.4 is 5.32 Å². The Balaban J connectivity index is 3.98. The number of hydrogen-bond acceptors (Lipinski definition) is 2. The van der Waals surface area contributed by atoms with E-state index in [0.717, 1.165) is 0 Å². The molecule has 1 amide bonds. The molecule has 0 saturated heterocycles. The van der Waals surface area contributed by atoms with E-state index in [1.54, 1.807) is 0 Å². The minimum atomic E-state index is -0.345. The molecule has 3 nitrogen and oxygen atoms in total. The van der Waals surface area contributed by atoms with Gasteiger partial charge in [0.15, 0.2) is 0 Å². The van der Waals surface area contributed by atoms with Crippen molar-refractivity contribution in [3.05, 3.63) is 0 Å². The molecule has 0 aliphatic heterocycles. The Morgan fingerprint density at radius 3 is 1.73 bits per heavy atom. The van der Waals surface area contributed by atoms with Crippen molar-refractivity contribution in [2.75, 3.05) is 0 Å². The number of Topliss-reactive ketones (excluding diaryl/α,β-unsaturated/α-hetero) is 1. The predicted molar refractivity (Wildman–Crippen MR) is 61.6 cm³/mol. The van der Waals surface area contributed by atoms with Crippen LogP contribution in [0.2, 0.25) is 0 Å². The number of ketones is 1. The number of amides is 1. The average Bonchev–Trinajstić information content (AvgIpc) is 1.94. The summed E-state index contributed by atoms with van der Waals surface area (Å²) in [5, 5.41) is 2.83. The van der Waals surface area contributed by atoms with Crippen LogP contribution in [0.5, 0.6) is 0 Å². The van der Waals surface area contributed by atoms with E-state index in [4.69, 9.17) is 0 Å². The Kier molecular flexibility index (Phi) is 4.50. The number of carbonyl (C=O) groups is 2. The highest BCUT2D eigenvalue weighted by atomic mass is 16.2. The van der Waals surface area contributed by atoms with Gasteiger partial charge in [-0.3, -0.25) is 9.59 Å². The van der Waals surface area contributed by atoms with Gasteiger partial charge in [-0.1, -0.05) is 20.8 Å². The Morgan fingerprint density at radius 1 is 0.933 bits per heavy atom. The van der Waals surface area contributed by atoms with E-state index in [0.29, 0.717) is 6.42 Å². The van der Waals surface area contributed by atoms with E-state index in [1.807, 2.05) is 41.5 Å². The van der Waals surface area contributed by atoms with Gasteiger partial charge in [0.05, 0.1) is 0 Å². The van der Waals surface area contributed by atoms with Crippen molar-refractivity contribution in [1.82, 2.24) is 5.32 Å². The second kappa shape index (κ2) is 4.77. The van der Waals surface area contributed by atoms with Crippen LogP contribution in [0.25, 0.3) is 0 Å². The highest BCUT2D eigenvalue weighted by molar-refractivity contribution is 5.88. The smallest absolute Gasteiger partial charge is 0.220 e. The first-order valence-corrected chi connectivity index (χ1v) is 5.37. The van der Waals surface area contributed by atoms with Crippen LogP contribution in [0.1, 0.15) is 54.4 Å². The van der Waals surface area contributed by atoms with Gasteiger partial charge in [0.2, 0.25) is 5.91 Å². The predicted octanol–water partition coefficient (Wildman–Crippen LogP) is 2.30. The summed E-state index contributed by atoms with van der Waals surface area (Å²) < 4.78 is 0. The molecule has 0 radical (unpaired) electrons. The fraction of sp³-hybridized carbons (Fsp3) is 0.833. The summed E-state index contributed by atoms with van der Waals surface area (Å²) in [5.41, 5.74) is -0.566. The van der Waals surface area contributed by atoms with E-state index in [2.05, 4.69) is 5.32 Å². The fourth-order valence-corrected chi connectivity index (χ4v) is 1.08. The molecule has 15 heavy (non-hydrogen) atoms. The lowest BCUT2D eigenvalue weighted by Gasteiger charge is -2.21. The third kappa shape index (κ3) is 7.11. The number of rotatable bonds is 3. The van der Waals surface area contributed by atoms with Gasteiger partial charge in [0.25, 0.3) is 0 Å². The van der Waals surface area contributed by atoms with Crippen molar-refractivity contribution in [2.45, 2.75) is 59.9 Å². The maximum absolute atomic E-state index is 11.6. The normalized spacial score (nSPS) is 12.4. The van der Waals surface area contributed by atoms with Crippen LogP contribution in [0, 0.1) is 5.41 Å². The van der Waals surface area contributed by atoms with Crippen LogP contribution >= 0.6 is 0 Å². The third-order valence-corrected chi connectivity index (χ3v) is 1.93. The lowest BCUT2D eigenvalue weighted by Crippen LogP contribution is -2.40. The van der Waals surface area contributed by atoms with Crippen LogP contribution in [-0.4, -0.2) is 17.2 Å². The van der Waals surface area contributed by atoms with Crippen molar-refractivity contribution in [2.24, 2.45) is 5.41 Å². The quantitative estimate of drug-likeness (QED) is 0.782. The molecule has 0 aliphatic rings. The molecule has 3 heteroatoms. The lowest BCUT2D eigenvalue weighted by atomic mass is 9.88. The standard InChI is InChI=1S/C12H23NO2/c1-11(2,3)9(14)7-8-10(15)13-12(4,5)6/h7-8H2,1-6H3,(H,13,15). The molecule has 0 aromatic carbocycles. The van der Waals surface area contributed by atoms with E-state index < -0.39 is 0 Å². The summed E-state index contributed by atoms with van der Waals surface area (Å²) in [6.07, 6.45) is 0.610. The molecule has 0 aliphatic carbocycles. The van der Waals surface area contributed by atoms with E-state index >= 15 is 0 Å². The van der Waals surface area contributed by atoms with Crippen molar-refractivity contribution in [3.8, 4) is 0 Å². The van der Waals surface area contributed by atoms with Crippen molar-refractivity contribution < 1.29 is 9.59 Å². The zero-order valence-corrected chi connectivity index (χ0v) is 10.7. The van der Waals surface area contributed by atoms with Gasteiger partial charge in [0, 0.05) is 23.8 Å². The van der Waals surface area contributed by atoms with Gasteiger partial charge in [-0.15, -0.1) is 0 Å². The summed E-state index contributed by atoms with van der Waals surface area (Å²) in [7, 11) is 0. The highest BCUT2D eigenvalue weighted by Gasteiger charge is 2.22. The first-order valence-electron chi connectivity index (χ1n) is 5.37. The Bertz CT molecular complexity index is 243. The third-order valence-electron chi connectivity index (χ3n) is 1.93. The molecule has 0 saturated carbocycles. The second-order valence-electron chi connectivity index (χ2n) is 5.97. The first-order chi connectivity index (χ1) is 6.52. The number of nitrogens with one attached hydrogen (secondary N) is 1. The summed E-state index contributed by atoms with van der Waals surface area (Å²) in [6, 6.07) is 0. The summed E-state index contributed by atoms with van der Waals surface area (Å²) in [6.45, 7) is 11.4. The summed E-state index contributed by atoms with van der Waals surface area (Å²) in [5.74, 6) is 0.0756. The minimum Gasteiger partial charge on any atom is -0.351 e.